The van der Waals surface area contributed by atoms with Crippen LogP contribution in [0.25, 0.3) is 0 Å². The number of rotatable bonds is 7. The van der Waals surface area contributed by atoms with Gasteiger partial charge in [-0.2, -0.15) is 25.8 Å². The highest BCUT2D eigenvalue weighted by Crippen LogP contribution is 2.65. The van der Waals surface area contributed by atoms with Crippen LogP contribution in [0.3, 0.4) is 0 Å². The molecule has 2 heterocycles. The molecule has 1 saturated carbocycles. The number of alkyl halides is 3. The zero-order valence-corrected chi connectivity index (χ0v) is 22.0. The van der Waals surface area contributed by atoms with Crippen LogP contribution in [0.2, 0.25) is 0 Å². The van der Waals surface area contributed by atoms with Gasteiger partial charge in [-0.25, -0.2) is 0 Å². The average Bonchev–Trinajstić information content (AvgIpc) is 3.09. The van der Waals surface area contributed by atoms with E-state index >= 15 is 0 Å². The van der Waals surface area contributed by atoms with E-state index in [1.165, 1.54) is 4.90 Å². The Morgan fingerprint density at radius 3 is 2.31 bits per heavy atom. The first-order chi connectivity index (χ1) is 16.4. The van der Waals surface area contributed by atoms with Crippen LogP contribution in [0, 0.1) is 28.6 Å². The lowest BCUT2D eigenvalue weighted by Gasteiger charge is -2.38. The first-order valence-electron chi connectivity index (χ1n) is 12.1. The fraction of sp³-hybridized carbons (Fsp3) is 0.826. The molecular weight excluding hydrogens is 499 g/mol. The molecule has 3 rings (SSSR count). The average molecular weight is 536 g/mol. The summed E-state index contributed by atoms with van der Waals surface area (Å²) in [6, 6.07) is -3.10. The molecule has 3 aliphatic rings. The number of hydrogen-bond donors (Lipinski definition) is 5. The van der Waals surface area contributed by atoms with Crippen molar-refractivity contribution in [2.75, 3.05) is 13.1 Å². The van der Waals surface area contributed by atoms with E-state index in [4.69, 9.17) is 5.73 Å². The maximum Gasteiger partial charge on any atom is 0.471 e. The molecular formula is C23H36F3N5O4S. The van der Waals surface area contributed by atoms with E-state index in [-0.39, 0.29) is 42.0 Å². The second kappa shape index (κ2) is 9.70. The van der Waals surface area contributed by atoms with Crippen molar-refractivity contribution in [1.29, 1.82) is 0 Å². The molecule has 7 atom stereocenters. The van der Waals surface area contributed by atoms with Gasteiger partial charge in [0.25, 0.3) is 0 Å². The van der Waals surface area contributed by atoms with Gasteiger partial charge in [-0.3, -0.25) is 19.2 Å². The normalized spacial score (nSPS) is 29.6. The molecule has 4 amide bonds. The molecule has 13 heteroatoms. The molecule has 2 aliphatic heterocycles. The molecule has 3 fully saturated rings. The van der Waals surface area contributed by atoms with Crippen LogP contribution in [-0.2, 0) is 19.2 Å². The Kier molecular flexibility index (Phi) is 7.69. The number of nitrogens with zero attached hydrogens (tertiary/aromatic N) is 1. The van der Waals surface area contributed by atoms with Gasteiger partial charge in [-0.05, 0) is 35.5 Å². The Bertz CT molecular complexity index is 920. The van der Waals surface area contributed by atoms with Crippen molar-refractivity contribution in [2.24, 2.45) is 34.3 Å². The first kappa shape index (κ1) is 28.5. The second-order valence-corrected chi connectivity index (χ2v) is 12.4. The maximum atomic E-state index is 13.6. The largest absolute Gasteiger partial charge is 0.471 e. The zero-order chi connectivity index (χ0) is 27.4. The van der Waals surface area contributed by atoms with Gasteiger partial charge in [0.2, 0.25) is 17.7 Å². The van der Waals surface area contributed by atoms with Gasteiger partial charge in [-0.1, -0.05) is 34.6 Å². The van der Waals surface area contributed by atoms with Crippen LogP contribution in [0.15, 0.2) is 0 Å². The van der Waals surface area contributed by atoms with Gasteiger partial charge in [0.15, 0.2) is 0 Å². The number of likely N-dealkylation sites (tertiary alicyclic amines) is 1. The highest BCUT2D eigenvalue weighted by Gasteiger charge is 2.70. The van der Waals surface area contributed by atoms with Crippen molar-refractivity contribution in [2.45, 2.75) is 77.1 Å². The molecule has 36 heavy (non-hydrogen) atoms. The van der Waals surface area contributed by atoms with Crippen molar-refractivity contribution < 1.29 is 32.3 Å². The summed E-state index contributed by atoms with van der Waals surface area (Å²) in [5, 5.41) is 6.64. The summed E-state index contributed by atoms with van der Waals surface area (Å²) in [6.45, 7) is 9.31. The predicted octanol–water partition coefficient (Wildman–Crippen LogP) is 0.788. The minimum atomic E-state index is -5.15. The number of hydrogen-bond acceptors (Lipinski definition) is 6. The molecule has 0 bridgehead atoms. The number of nitrogens with one attached hydrogen (secondary N) is 3. The Balaban J connectivity index is 1.83. The highest BCUT2D eigenvalue weighted by molar-refractivity contribution is 7.80. The Morgan fingerprint density at radius 1 is 1.22 bits per heavy atom. The third kappa shape index (κ3) is 5.61. The van der Waals surface area contributed by atoms with Crippen LogP contribution in [0.5, 0.6) is 0 Å². The topological polar surface area (TPSA) is 134 Å². The fourth-order valence-electron chi connectivity index (χ4n) is 5.57. The molecule has 5 N–H and O–H groups in total. The predicted molar refractivity (Wildman–Crippen MR) is 128 cm³/mol. The van der Waals surface area contributed by atoms with E-state index in [1.54, 1.807) is 20.8 Å². The number of carbonyl (C=O) groups excluding carboxylic acids is 4. The van der Waals surface area contributed by atoms with E-state index in [2.05, 4.69) is 23.3 Å². The summed E-state index contributed by atoms with van der Waals surface area (Å²) in [5.74, 6) is -4.13. The summed E-state index contributed by atoms with van der Waals surface area (Å²) in [7, 11) is 0. The number of carbonyl (C=O) groups is 4. The van der Waals surface area contributed by atoms with Crippen LogP contribution < -0.4 is 21.7 Å². The van der Waals surface area contributed by atoms with Gasteiger partial charge in [0, 0.05) is 19.0 Å². The molecule has 1 unspecified atom stereocenters. The molecule has 1 aliphatic carbocycles. The molecule has 0 radical (unpaired) electrons. The van der Waals surface area contributed by atoms with Gasteiger partial charge in [0.1, 0.15) is 12.1 Å². The quantitative estimate of drug-likeness (QED) is 0.243. The Labute approximate surface area is 214 Å². The molecule has 204 valence electrons. The SMILES string of the molecule is CC(C)(C)[C@H](NC(=O)C(F)(F)F)C(=O)N1C[C@H]2[C@@H]([C@H]1C(=O)N[C@@H](C[C@@H]1CCNC1=O)C(N)S)C2(C)C. The molecule has 0 aromatic rings. The van der Waals surface area contributed by atoms with Gasteiger partial charge >= 0.3 is 12.1 Å². The monoisotopic (exact) mass is 535 g/mol. The van der Waals surface area contributed by atoms with Gasteiger partial charge in [-0.15, -0.1) is 0 Å². The number of nitrogens with two attached hydrogens (primary N) is 1. The molecule has 0 aromatic heterocycles. The number of amides is 4. The third-order valence-electron chi connectivity index (χ3n) is 7.85. The third-order valence-corrected chi connectivity index (χ3v) is 8.21. The zero-order valence-electron chi connectivity index (χ0n) is 21.1. The van der Waals surface area contributed by atoms with Crippen molar-refractivity contribution in [3.8, 4) is 0 Å². The lowest BCUT2D eigenvalue weighted by molar-refractivity contribution is -0.176. The van der Waals surface area contributed by atoms with Crippen LogP contribution in [0.4, 0.5) is 13.2 Å². The second-order valence-electron chi connectivity index (χ2n) is 11.8. The van der Waals surface area contributed by atoms with Crippen LogP contribution in [0.1, 0.15) is 47.5 Å². The Morgan fingerprint density at radius 2 is 1.83 bits per heavy atom. The lowest BCUT2D eigenvalue weighted by atomic mass is 9.85. The van der Waals surface area contributed by atoms with Gasteiger partial charge in [0.05, 0.1) is 11.4 Å². The lowest BCUT2D eigenvalue weighted by Crippen LogP contribution is -2.61. The van der Waals surface area contributed by atoms with Crippen molar-refractivity contribution in [3.63, 3.8) is 0 Å². The minimum Gasteiger partial charge on any atom is -0.356 e. The van der Waals surface area contributed by atoms with E-state index in [1.807, 2.05) is 19.2 Å². The van der Waals surface area contributed by atoms with E-state index < -0.39 is 52.8 Å². The summed E-state index contributed by atoms with van der Waals surface area (Å²) in [5.41, 5.74) is 4.69. The molecule has 9 nitrogen and oxygen atoms in total. The smallest absolute Gasteiger partial charge is 0.356 e. The van der Waals surface area contributed by atoms with Crippen molar-refractivity contribution in [3.05, 3.63) is 0 Å². The summed E-state index contributed by atoms with van der Waals surface area (Å²) in [6.07, 6.45) is -4.28. The Hall–Kier alpha value is -2.02. The van der Waals surface area contributed by atoms with Crippen molar-refractivity contribution >= 4 is 36.3 Å². The summed E-state index contributed by atoms with van der Waals surface area (Å²) in [4.78, 5) is 52.1. The van der Waals surface area contributed by atoms with Crippen molar-refractivity contribution in [1.82, 2.24) is 20.9 Å². The first-order valence-corrected chi connectivity index (χ1v) is 12.6. The number of piperidine rings is 1. The minimum absolute atomic E-state index is 0.0140. The fourth-order valence-corrected chi connectivity index (χ4v) is 5.77. The number of halogens is 3. The number of thiol groups is 1. The molecule has 2 saturated heterocycles. The van der Waals surface area contributed by atoms with Gasteiger partial charge < -0.3 is 26.6 Å². The summed E-state index contributed by atoms with van der Waals surface area (Å²) < 4.78 is 38.9. The van der Waals surface area contributed by atoms with Crippen LogP contribution in [-0.4, -0.2) is 71.3 Å². The molecule has 0 spiro atoms. The standard InChI is InChI=1S/C23H36F3N5O4S/c1-21(2,3)15(30-20(35)23(24,25)26)19(34)31-9-11-13(22(11,4)5)14(31)18(33)29-12(16(27)36)8-10-6-7-28-17(10)32/h10-16,36H,6-9,27H2,1-5H3,(H,28,32)(H,29,33)(H,30,35)/t10-,11-,12-,13-,14-,15+,16?/m0/s1. The summed E-state index contributed by atoms with van der Waals surface area (Å²) >= 11 is 4.27. The van der Waals surface area contributed by atoms with E-state index in [9.17, 15) is 32.3 Å². The van der Waals surface area contributed by atoms with Crippen LogP contribution >= 0.6 is 12.6 Å². The molecule has 0 aromatic carbocycles. The highest BCUT2D eigenvalue weighted by atomic mass is 32.1. The maximum absolute atomic E-state index is 13.6. The number of fused-ring (bicyclic) bond motifs is 1. The van der Waals surface area contributed by atoms with E-state index in [0.717, 1.165) is 0 Å². The van der Waals surface area contributed by atoms with E-state index in [0.29, 0.717) is 13.0 Å².